The number of nitrogens with two attached hydrogens (primary N) is 1. The van der Waals surface area contributed by atoms with Gasteiger partial charge in [-0.25, -0.2) is 0 Å². The summed E-state index contributed by atoms with van der Waals surface area (Å²) < 4.78 is 0. The lowest BCUT2D eigenvalue weighted by molar-refractivity contribution is -0.134. The largest absolute Gasteiger partial charge is 0.361 e. The van der Waals surface area contributed by atoms with E-state index >= 15 is 0 Å². The molecule has 0 saturated carbocycles. The highest BCUT2D eigenvalue weighted by Gasteiger charge is 2.12. The molecule has 0 fully saturated rings. The number of anilines is 1. The van der Waals surface area contributed by atoms with Crippen LogP contribution >= 0.6 is 11.8 Å². The van der Waals surface area contributed by atoms with Gasteiger partial charge in [-0.2, -0.15) is 0 Å². The Morgan fingerprint density at radius 1 is 1.38 bits per heavy atom. The Kier molecular flexibility index (Phi) is 3.14. The van der Waals surface area contributed by atoms with Crippen molar-refractivity contribution in [3.05, 3.63) is 23.8 Å². The van der Waals surface area contributed by atoms with Crippen LogP contribution in [-0.4, -0.2) is 17.6 Å². The highest BCUT2D eigenvalue weighted by atomic mass is 32.2. The van der Waals surface area contributed by atoms with Gasteiger partial charge in [0.25, 0.3) is 0 Å². The molecular formula is C11H12N2O2S. The zero-order valence-electron chi connectivity index (χ0n) is 8.66. The Morgan fingerprint density at radius 3 is 2.94 bits per heavy atom. The molecule has 1 aromatic rings. The molecule has 1 aromatic carbocycles. The Bertz CT molecular complexity index is 446. The molecule has 0 bridgehead atoms. The minimum absolute atomic E-state index is 0.630. The molecule has 0 saturated heterocycles. The van der Waals surface area contributed by atoms with E-state index in [0.29, 0.717) is 5.69 Å². The van der Waals surface area contributed by atoms with Gasteiger partial charge >= 0.3 is 11.8 Å². The number of carbonyl (C=O) groups is 2. The van der Waals surface area contributed by atoms with Crippen molar-refractivity contribution in [3.8, 4) is 0 Å². The van der Waals surface area contributed by atoms with Crippen molar-refractivity contribution < 1.29 is 9.59 Å². The van der Waals surface area contributed by atoms with Crippen LogP contribution in [0.3, 0.4) is 0 Å². The van der Waals surface area contributed by atoms with E-state index in [9.17, 15) is 9.59 Å². The Balaban J connectivity index is 2.17. The molecule has 0 atom stereocenters. The number of aryl methyl sites for hydroxylation is 1. The van der Waals surface area contributed by atoms with Crippen molar-refractivity contribution >= 4 is 29.3 Å². The first-order valence-electron chi connectivity index (χ1n) is 5.03. The smallest absolute Gasteiger partial charge is 0.313 e. The summed E-state index contributed by atoms with van der Waals surface area (Å²) >= 11 is 1.82. The highest BCUT2D eigenvalue weighted by Crippen LogP contribution is 2.31. The molecule has 5 heteroatoms. The molecule has 1 heterocycles. The molecule has 2 amide bonds. The van der Waals surface area contributed by atoms with Crippen LogP contribution in [0.25, 0.3) is 0 Å². The standard InChI is InChI=1S/C11H12N2O2S/c12-10(14)11(15)13-8-3-4-9-7(6-8)2-1-5-16-9/h3-4,6H,1-2,5H2,(H2,12,14)(H,13,15). The number of amides is 2. The predicted molar refractivity (Wildman–Crippen MR) is 63.3 cm³/mol. The third-order valence-corrected chi connectivity index (χ3v) is 3.59. The molecule has 0 radical (unpaired) electrons. The summed E-state index contributed by atoms with van der Waals surface area (Å²) in [6, 6.07) is 5.66. The highest BCUT2D eigenvalue weighted by molar-refractivity contribution is 7.99. The minimum atomic E-state index is -0.966. The maximum Gasteiger partial charge on any atom is 0.313 e. The lowest BCUT2D eigenvalue weighted by atomic mass is 10.1. The van der Waals surface area contributed by atoms with E-state index in [1.54, 1.807) is 6.07 Å². The summed E-state index contributed by atoms with van der Waals surface area (Å²) in [6.45, 7) is 0. The average molecular weight is 236 g/mol. The predicted octanol–water partition coefficient (Wildman–Crippen LogP) is 1.15. The van der Waals surface area contributed by atoms with E-state index in [1.807, 2.05) is 23.9 Å². The number of carbonyl (C=O) groups excluding carboxylic acids is 2. The van der Waals surface area contributed by atoms with Gasteiger partial charge in [0.05, 0.1) is 0 Å². The van der Waals surface area contributed by atoms with Crippen LogP contribution in [0, 0.1) is 0 Å². The lowest BCUT2D eigenvalue weighted by Gasteiger charge is -2.16. The topological polar surface area (TPSA) is 72.2 Å². The molecule has 2 rings (SSSR count). The van der Waals surface area contributed by atoms with E-state index in [4.69, 9.17) is 5.73 Å². The molecule has 16 heavy (non-hydrogen) atoms. The van der Waals surface area contributed by atoms with Gasteiger partial charge in [-0.05, 0) is 42.4 Å². The van der Waals surface area contributed by atoms with Crippen LogP contribution in [0.4, 0.5) is 5.69 Å². The normalized spacial score (nSPS) is 14.0. The number of primary amides is 1. The molecule has 84 valence electrons. The fourth-order valence-electron chi connectivity index (χ4n) is 1.63. The fraction of sp³-hybridized carbons (Fsp3) is 0.273. The van der Waals surface area contributed by atoms with Crippen molar-refractivity contribution in [2.45, 2.75) is 17.7 Å². The van der Waals surface area contributed by atoms with Crippen LogP contribution in [0.2, 0.25) is 0 Å². The minimum Gasteiger partial charge on any atom is -0.361 e. The van der Waals surface area contributed by atoms with Gasteiger partial charge in [-0.15, -0.1) is 11.8 Å². The summed E-state index contributed by atoms with van der Waals surface area (Å²) in [6.07, 6.45) is 2.16. The Morgan fingerprint density at radius 2 is 2.19 bits per heavy atom. The van der Waals surface area contributed by atoms with Crippen LogP contribution in [0.15, 0.2) is 23.1 Å². The Hall–Kier alpha value is -1.49. The summed E-state index contributed by atoms with van der Waals surface area (Å²) in [7, 11) is 0. The SMILES string of the molecule is NC(=O)C(=O)Nc1ccc2c(c1)CCCS2. The first kappa shape index (κ1) is 11.0. The molecule has 1 aliphatic rings. The van der Waals surface area contributed by atoms with Crippen LogP contribution in [-0.2, 0) is 16.0 Å². The van der Waals surface area contributed by atoms with Crippen molar-refractivity contribution in [1.82, 2.24) is 0 Å². The monoisotopic (exact) mass is 236 g/mol. The molecule has 4 nitrogen and oxygen atoms in total. The van der Waals surface area contributed by atoms with Crippen molar-refractivity contribution in [2.75, 3.05) is 11.1 Å². The van der Waals surface area contributed by atoms with E-state index < -0.39 is 11.8 Å². The number of thioether (sulfide) groups is 1. The van der Waals surface area contributed by atoms with Crippen LogP contribution < -0.4 is 11.1 Å². The van der Waals surface area contributed by atoms with Crippen molar-refractivity contribution in [2.24, 2.45) is 5.73 Å². The molecule has 0 aromatic heterocycles. The molecule has 0 unspecified atom stereocenters. The van der Waals surface area contributed by atoms with Gasteiger partial charge < -0.3 is 11.1 Å². The second-order valence-electron chi connectivity index (χ2n) is 3.59. The van der Waals surface area contributed by atoms with E-state index in [2.05, 4.69) is 5.32 Å². The van der Waals surface area contributed by atoms with E-state index in [1.165, 1.54) is 10.5 Å². The molecule has 3 N–H and O–H groups in total. The first-order chi connectivity index (χ1) is 7.66. The number of nitrogens with one attached hydrogen (secondary N) is 1. The first-order valence-corrected chi connectivity index (χ1v) is 6.02. The molecule has 1 aliphatic heterocycles. The van der Waals surface area contributed by atoms with Crippen LogP contribution in [0.5, 0.6) is 0 Å². The zero-order valence-corrected chi connectivity index (χ0v) is 9.47. The number of benzene rings is 1. The van der Waals surface area contributed by atoms with E-state index in [-0.39, 0.29) is 0 Å². The van der Waals surface area contributed by atoms with Crippen LogP contribution in [0.1, 0.15) is 12.0 Å². The number of hydrogen-bond donors (Lipinski definition) is 2. The zero-order chi connectivity index (χ0) is 11.5. The van der Waals surface area contributed by atoms with Crippen molar-refractivity contribution in [3.63, 3.8) is 0 Å². The quantitative estimate of drug-likeness (QED) is 0.718. The molecular weight excluding hydrogens is 224 g/mol. The summed E-state index contributed by atoms with van der Waals surface area (Å²) in [4.78, 5) is 22.9. The van der Waals surface area contributed by atoms with Gasteiger partial charge in [-0.3, -0.25) is 9.59 Å². The van der Waals surface area contributed by atoms with Gasteiger partial charge in [0, 0.05) is 10.6 Å². The third-order valence-electron chi connectivity index (χ3n) is 2.39. The molecule has 0 aliphatic carbocycles. The van der Waals surface area contributed by atoms with Gasteiger partial charge in [0.15, 0.2) is 0 Å². The lowest BCUT2D eigenvalue weighted by Crippen LogP contribution is -2.29. The van der Waals surface area contributed by atoms with Gasteiger partial charge in [-0.1, -0.05) is 0 Å². The summed E-state index contributed by atoms with van der Waals surface area (Å²) in [5, 5.41) is 2.47. The third kappa shape index (κ3) is 2.36. The van der Waals surface area contributed by atoms with E-state index in [0.717, 1.165) is 18.6 Å². The Labute approximate surface area is 97.6 Å². The van der Waals surface area contributed by atoms with Gasteiger partial charge in [0.1, 0.15) is 0 Å². The second-order valence-corrected chi connectivity index (χ2v) is 4.73. The number of fused-ring (bicyclic) bond motifs is 1. The molecule has 0 spiro atoms. The number of rotatable bonds is 1. The number of hydrogen-bond acceptors (Lipinski definition) is 3. The fourth-order valence-corrected chi connectivity index (χ4v) is 2.65. The average Bonchev–Trinajstić information content (AvgIpc) is 2.28. The van der Waals surface area contributed by atoms with Crippen molar-refractivity contribution in [1.29, 1.82) is 0 Å². The maximum absolute atomic E-state index is 11.1. The summed E-state index contributed by atoms with van der Waals surface area (Å²) in [5.74, 6) is -0.601. The second kappa shape index (κ2) is 4.57. The van der Waals surface area contributed by atoms with Gasteiger partial charge in [0.2, 0.25) is 0 Å². The summed E-state index contributed by atoms with van der Waals surface area (Å²) in [5.41, 5.74) is 6.72. The maximum atomic E-state index is 11.1.